The molecule has 1 atom stereocenters. The Hall–Kier alpha value is -0.700. The number of anilines is 1. The van der Waals surface area contributed by atoms with E-state index in [1.54, 1.807) is 0 Å². The Morgan fingerprint density at radius 2 is 2.10 bits per heavy atom. The molecule has 1 fully saturated rings. The van der Waals surface area contributed by atoms with Crippen LogP contribution in [0.4, 0.5) is 10.1 Å². The first-order chi connectivity index (χ1) is 9.73. The summed E-state index contributed by atoms with van der Waals surface area (Å²) in [6.07, 6.45) is 1.76. The molecule has 1 aliphatic heterocycles. The smallest absolute Gasteiger partial charge is 0.245 e. The summed E-state index contributed by atoms with van der Waals surface area (Å²) < 4.78 is 40.4. The summed E-state index contributed by atoms with van der Waals surface area (Å²) in [7, 11) is 0.155. The van der Waals surface area contributed by atoms with Crippen LogP contribution in [0, 0.1) is 5.82 Å². The number of rotatable bonds is 3. The Bertz CT molecular complexity index is 637. The number of sulfonamides is 1. The minimum Gasteiger partial charge on any atom is -0.398 e. The Morgan fingerprint density at radius 1 is 1.43 bits per heavy atom. The number of hydrogen-bond donors (Lipinski definition) is 1. The molecule has 0 aromatic heterocycles. The SMILES string of the molecule is CN(C)C1CCCN(S(=O)(=O)c2cc(Br)c(F)cc2N)C1. The maximum Gasteiger partial charge on any atom is 0.245 e. The number of nitrogens with zero attached hydrogens (tertiary/aromatic N) is 2. The van der Waals surface area contributed by atoms with Crippen LogP contribution in [0.5, 0.6) is 0 Å². The van der Waals surface area contributed by atoms with Gasteiger partial charge in [0.2, 0.25) is 10.0 Å². The quantitative estimate of drug-likeness (QED) is 0.814. The number of likely N-dealkylation sites (N-methyl/N-ethyl adjacent to an activating group) is 1. The molecule has 0 aliphatic carbocycles. The van der Waals surface area contributed by atoms with Gasteiger partial charge in [-0.25, -0.2) is 12.8 Å². The second-order valence-electron chi connectivity index (χ2n) is 5.43. The maximum atomic E-state index is 13.4. The molecule has 1 unspecified atom stereocenters. The average Bonchev–Trinajstić information content (AvgIpc) is 2.42. The van der Waals surface area contributed by atoms with Gasteiger partial charge in [0.25, 0.3) is 0 Å². The zero-order chi connectivity index (χ0) is 15.8. The van der Waals surface area contributed by atoms with E-state index in [0.29, 0.717) is 13.1 Å². The van der Waals surface area contributed by atoms with Gasteiger partial charge in [-0.3, -0.25) is 0 Å². The van der Waals surface area contributed by atoms with Gasteiger partial charge < -0.3 is 10.6 Å². The fraction of sp³-hybridized carbons (Fsp3) is 0.538. The molecule has 118 valence electrons. The molecule has 1 aromatic carbocycles. The number of nitrogens with two attached hydrogens (primary N) is 1. The number of nitrogen functional groups attached to an aromatic ring is 1. The van der Waals surface area contributed by atoms with Gasteiger partial charge in [0, 0.05) is 19.1 Å². The lowest BCUT2D eigenvalue weighted by Gasteiger charge is -2.35. The topological polar surface area (TPSA) is 66.6 Å². The molecule has 1 aliphatic rings. The van der Waals surface area contributed by atoms with Gasteiger partial charge in [-0.1, -0.05) is 0 Å². The third-order valence-corrected chi connectivity index (χ3v) is 6.29. The van der Waals surface area contributed by atoms with Crippen LogP contribution in [-0.4, -0.2) is 50.8 Å². The Labute approximate surface area is 133 Å². The highest BCUT2D eigenvalue weighted by Crippen LogP contribution is 2.30. The summed E-state index contributed by atoms with van der Waals surface area (Å²) >= 11 is 3.01. The molecule has 1 aromatic rings. The first-order valence-electron chi connectivity index (χ1n) is 6.64. The second-order valence-corrected chi connectivity index (χ2v) is 8.19. The predicted molar refractivity (Wildman–Crippen MR) is 84.0 cm³/mol. The Balaban J connectivity index is 2.36. The van der Waals surface area contributed by atoms with Crippen LogP contribution in [0.1, 0.15) is 12.8 Å². The van der Waals surface area contributed by atoms with Crippen LogP contribution >= 0.6 is 15.9 Å². The van der Waals surface area contributed by atoms with Crippen LogP contribution in [0.15, 0.2) is 21.5 Å². The Morgan fingerprint density at radius 3 is 2.71 bits per heavy atom. The van der Waals surface area contributed by atoms with E-state index in [9.17, 15) is 12.8 Å². The van der Waals surface area contributed by atoms with Crippen molar-refractivity contribution in [2.24, 2.45) is 0 Å². The summed E-state index contributed by atoms with van der Waals surface area (Å²) in [5, 5.41) is 0. The van der Waals surface area contributed by atoms with Gasteiger partial charge in [0.05, 0.1) is 10.2 Å². The molecule has 0 bridgehead atoms. The fourth-order valence-corrected chi connectivity index (χ4v) is 4.60. The largest absolute Gasteiger partial charge is 0.398 e. The summed E-state index contributed by atoms with van der Waals surface area (Å²) in [5.41, 5.74) is 5.63. The summed E-state index contributed by atoms with van der Waals surface area (Å²) in [5.74, 6) is -0.573. The summed E-state index contributed by atoms with van der Waals surface area (Å²) in [6, 6.07) is 2.45. The van der Waals surface area contributed by atoms with Crippen molar-refractivity contribution < 1.29 is 12.8 Å². The van der Waals surface area contributed by atoms with Crippen molar-refractivity contribution in [3.05, 3.63) is 22.4 Å². The molecular formula is C13H19BrFN3O2S. The van der Waals surface area contributed by atoms with Crippen LogP contribution in [0.3, 0.4) is 0 Å². The highest BCUT2D eigenvalue weighted by molar-refractivity contribution is 9.10. The zero-order valence-corrected chi connectivity index (χ0v) is 14.4. The molecule has 2 rings (SSSR count). The van der Waals surface area contributed by atoms with E-state index in [1.165, 1.54) is 10.4 Å². The lowest BCUT2D eigenvalue weighted by atomic mass is 10.1. The minimum absolute atomic E-state index is 0.0461. The van der Waals surface area contributed by atoms with E-state index >= 15 is 0 Å². The van der Waals surface area contributed by atoms with Crippen molar-refractivity contribution in [3.63, 3.8) is 0 Å². The van der Waals surface area contributed by atoms with Gasteiger partial charge in [0.1, 0.15) is 10.7 Å². The first-order valence-corrected chi connectivity index (χ1v) is 8.88. The zero-order valence-electron chi connectivity index (χ0n) is 12.0. The highest BCUT2D eigenvalue weighted by Gasteiger charge is 2.32. The molecule has 8 heteroatoms. The molecule has 1 heterocycles. The van der Waals surface area contributed by atoms with E-state index in [4.69, 9.17) is 5.73 Å². The summed E-state index contributed by atoms with van der Waals surface area (Å²) in [4.78, 5) is 1.97. The Kier molecular flexibility index (Phi) is 4.92. The van der Waals surface area contributed by atoms with Crippen LogP contribution in [-0.2, 0) is 10.0 Å². The number of halogens is 2. The summed E-state index contributed by atoms with van der Waals surface area (Å²) in [6.45, 7) is 0.880. The molecule has 0 saturated carbocycles. The number of benzene rings is 1. The van der Waals surface area contributed by atoms with Crippen LogP contribution in [0.2, 0.25) is 0 Å². The molecule has 2 N–H and O–H groups in total. The van der Waals surface area contributed by atoms with Crippen molar-refractivity contribution in [2.45, 2.75) is 23.8 Å². The van der Waals surface area contributed by atoms with E-state index in [0.717, 1.165) is 18.9 Å². The van der Waals surface area contributed by atoms with E-state index in [1.807, 2.05) is 19.0 Å². The third kappa shape index (κ3) is 3.39. The van der Waals surface area contributed by atoms with Crippen molar-refractivity contribution in [1.29, 1.82) is 0 Å². The molecule has 0 amide bonds. The fourth-order valence-electron chi connectivity index (χ4n) is 2.47. The van der Waals surface area contributed by atoms with E-state index in [-0.39, 0.29) is 21.1 Å². The average molecular weight is 380 g/mol. The molecule has 0 spiro atoms. The predicted octanol–water partition coefficient (Wildman–Crippen LogP) is 1.89. The van der Waals surface area contributed by atoms with Gasteiger partial charge in [-0.2, -0.15) is 4.31 Å². The van der Waals surface area contributed by atoms with Gasteiger partial charge >= 0.3 is 0 Å². The highest BCUT2D eigenvalue weighted by atomic mass is 79.9. The third-order valence-electron chi connectivity index (χ3n) is 3.76. The van der Waals surface area contributed by atoms with Crippen LogP contribution in [0.25, 0.3) is 0 Å². The van der Waals surface area contributed by atoms with Crippen LogP contribution < -0.4 is 5.73 Å². The number of hydrogen-bond acceptors (Lipinski definition) is 4. The van der Waals surface area contributed by atoms with E-state index in [2.05, 4.69) is 15.9 Å². The minimum atomic E-state index is -3.71. The molecule has 21 heavy (non-hydrogen) atoms. The van der Waals surface area contributed by atoms with Crippen molar-refractivity contribution in [1.82, 2.24) is 9.21 Å². The second kappa shape index (κ2) is 6.20. The molecule has 0 radical (unpaired) electrons. The normalized spacial score (nSPS) is 20.9. The van der Waals surface area contributed by atoms with E-state index < -0.39 is 15.8 Å². The van der Waals surface area contributed by atoms with Crippen molar-refractivity contribution in [3.8, 4) is 0 Å². The molecular weight excluding hydrogens is 361 g/mol. The first kappa shape index (κ1) is 16.7. The van der Waals surface area contributed by atoms with Gasteiger partial charge in [-0.05, 0) is 55.0 Å². The van der Waals surface area contributed by atoms with Gasteiger partial charge in [0.15, 0.2) is 0 Å². The number of piperidine rings is 1. The van der Waals surface area contributed by atoms with Crippen molar-refractivity contribution >= 4 is 31.6 Å². The standard InChI is InChI=1S/C13H19BrFN3O2S/c1-17(2)9-4-3-5-18(8-9)21(19,20)13-6-10(14)11(15)7-12(13)16/h6-7,9H,3-5,8,16H2,1-2H3. The van der Waals surface area contributed by atoms with Gasteiger partial charge in [-0.15, -0.1) is 0 Å². The van der Waals surface area contributed by atoms with Crippen molar-refractivity contribution in [2.75, 3.05) is 32.9 Å². The lowest BCUT2D eigenvalue weighted by Crippen LogP contribution is -2.47. The lowest BCUT2D eigenvalue weighted by molar-refractivity contribution is 0.190. The molecule has 1 saturated heterocycles. The maximum absolute atomic E-state index is 13.4. The monoisotopic (exact) mass is 379 g/mol. The molecule has 5 nitrogen and oxygen atoms in total.